The van der Waals surface area contributed by atoms with Crippen molar-refractivity contribution in [3.63, 3.8) is 0 Å². The van der Waals surface area contributed by atoms with Crippen molar-refractivity contribution in [1.82, 2.24) is 19.5 Å². The molecule has 0 unspecified atom stereocenters. The molecular weight excluding hydrogens is 272 g/mol. The van der Waals surface area contributed by atoms with Crippen molar-refractivity contribution in [2.24, 2.45) is 0 Å². The Labute approximate surface area is 122 Å². The van der Waals surface area contributed by atoms with E-state index in [2.05, 4.69) is 19.5 Å². The van der Waals surface area contributed by atoms with Crippen LogP contribution in [0.5, 0.6) is 5.88 Å². The van der Waals surface area contributed by atoms with Crippen molar-refractivity contribution in [2.45, 2.75) is 49.6 Å². The Morgan fingerprint density at radius 1 is 1.35 bits per heavy atom. The van der Waals surface area contributed by atoms with E-state index in [0.29, 0.717) is 11.2 Å². The molecule has 20 heavy (non-hydrogen) atoms. The van der Waals surface area contributed by atoms with E-state index < -0.39 is 0 Å². The van der Waals surface area contributed by atoms with Crippen LogP contribution in [-0.4, -0.2) is 24.6 Å². The van der Waals surface area contributed by atoms with Crippen LogP contribution in [-0.2, 0) is 5.75 Å². The zero-order valence-electron chi connectivity index (χ0n) is 11.5. The molecule has 0 radical (unpaired) electrons. The van der Waals surface area contributed by atoms with Crippen LogP contribution < -0.4 is 0 Å². The number of imidazole rings is 1. The summed E-state index contributed by atoms with van der Waals surface area (Å²) >= 11 is 1.54. The third kappa shape index (κ3) is 2.95. The van der Waals surface area contributed by atoms with E-state index in [1.807, 2.05) is 19.4 Å². The van der Waals surface area contributed by atoms with Crippen LogP contribution in [0.2, 0.25) is 0 Å². The normalized spacial score (nSPS) is 15.8. The molecule has 1 N–H and O–H groups in total. The largest absolute Gasteiger partial charge is 0.493 e. The first-order valence-corrected chi connectivity index (χ1v) is 7.89. The number of hydrogen-bond acceptors (Lipinski definition) is 5. The third-order valence-corrected chi connectivity index (χ3v) is 4.51. The SMILES string of the molecule is Cc1cc(O)nc(SCc2cncn2C2CCCC2)n1. The molecule has 0 amide bonds. The van der Waals surface area contributed by atoms with Crippen molar-refractivity contribution < 1.29 is 5.11 Å². The molecule has 2 heterocycles. The summed E-state index contributed by atoms with van der Waals surface area (Å²) in [5.41, 5.74) is 1.98. The number of aryl methyl sites for hydroxylation is 1. The first-order valence-electron chi connectivity index (χ1n) is 6.90. The van der Waals surface area contributed by atoms with Crippen LogP contribution >= 0.6 is 11.8 Å². The molecule has 0 bridgehead atoms. The molecule has 2 aromatic heterocycles. The molecule has 106 valence electrons. The van der Waals surface area contributed by atoms with Gasteiger partial charge in [-0.2, -0.15) is 4.98 Å². The van der Waals surface area contributed by atoms with Gasteiger partial charge in [-0.15, -0.1) is 0 Å². The van der Waals surface area contributed by atoms with Crippen molar-refractivity contribution >= 4 is 11.8 Å². The van der Waals surface area contributed by atoms with Gasteiger partial charge in [0.2, 0.25) is 5.88 Å². The van der Waals surface area contributed by atoms with Gasteiger partial charge >= 0.3 is 0 Å². The highest BCUT2D eigenvalue weighted by atomic mass is 32.2. The van der Waals surface area contributed by atoms with Gasteiger partial charge in [0.1, 0.15) is 0 Å². The Hall–Kier alpha value is -1.56. The van der Waals surface area contributed by atoms with Gasteiger partial charge in [-0.05, 0) is 19.8 Å². The molecule has 0 atom stereocenters. The molecule has 1 saturated carbocycles. The summed E-state index contributed by atoms with van der Waals surface area (Å²) in [4.78, 5) is 12.6. The minimum Gasteiger partial charge on any atom is -0.493 e. The average Bonchev–Trinajstić information content (AvgIpc) is 3.06. The lowest BCUT2D eigenvalue weighted by atomic mass is 10.2. The minimum absolute atomic E-state index is 0.0318. The molecule has 1 aliphatic carbocycles. The van der Waals surface area contributed by atoms with E-state index in [0.717, 1.165) is 11.4 Å². The topological polar surface area (TPSA) is 63.8 Å². The van der Waals surface area contributed by atoms with E-state index in [-0.39, 0.29) is 5.88 Å². The molecule has 5 nitrogen and oxygen atoms in total. The molecule has 1 fully saturated rings. The van der Waals surface area contributed by atoms with Gasteiger partial charge in [0.15, 0.2) is 5.16 Å². The molecule has 3 rings (SSSR count). The summed E-state index contributed by atoms with van der Waals surface area (Å²) in [6, 6.07) is 2.16. The van der Waals surface area contributed by atoms with Crippen LogP contribution in [0.25, 0.3) is 0 Å². The molecule has 0 aliphatic heterocycles. The number of hydrogen-bond donors (Lipinski definition) is 1. The Balaban J connectivity index is 1.70. The summed E-state index contributed by atoms with van der Waals surface area (Å²) < 4.78 is 2.29. The standard InChI is InChI=1S/C14H18N4OS/c1-10-6-13(19)17-14(16-10)20-8-12-7-15-9-18(12)11-4-2-3-5-11/h6-7,9,11H,2-5,8H2,1H3,(H,16,17,19). The van der Waals surface area contributed by atoms with Crippen LogP contribution in [0.4, 0.5) is 0 Å². The maximum atomic E-state index is 9.50. The van der Waals surface area contributed by atoms with Gasteiger partial charge in [-0.3, -0.25) is 0 Å². The molecule has 1 aliphatic rings. The zero-order chi connectivity index (χ0) is 13.9. The van der Waals surface area contributed by atoms with Gasteiger partial charge in [0, 0.05) is 35.4 Å². The Bertz CT molecular complexity index is 572. The quantitative estimate of drug-likeness (QED) is 0.692. The van der Waals surface area contributed by atoms with Crippen LogP contribution in [0.1, 0.15) is 43.1 Å². The van der Waals surface area contributed by atoms with Gasteiger partial charge in [0.25, 0.3) is 0 Å². The summed E-state index contributed by atoms with van der Waals surface area (Å²) in [5, 5.41) is 10.1. The fraction of sp³-hybridized carbons (Fsp3) is 0.500. The monoisotopic (exact) mass is 290 g/mol. The highest BCUT2D eigenvalue weighted by Gasteiger charge is 2.19. The zero-order valence-corrected chi connectivity index (χ0v) is 12.3. The van der Waals surface area contributed by atoms with Crippen molar-refractivity contribution in [2.75, 3.05) is 0 Å². The van der Waals surface area contributed by atoms with E-state index in [1.165, 1.54) is 43.1 Å². The van der Waals surface area contributed by atoms with Crippen molar-refractivity contribution in [1.29, 1.82) is 0 Å². The second-order valence-corrected chi connectivity index (χ2v) is 6.11. The summed E-state index contributed by atoms with van der Waals surface area (Å²) in [5.74, 6) is 0.809. The number of aromatic nitrogens is 4. The fourth-order valence-electron chi connectivity index (χ4n) is 2.68. The summed E-state index contributed by atoms with van der Waals surface area (Å²) in [7, 11) is 0. The van der Waals surface area contributed by atoms with Gasteiger partial charge in [0.05, 0.1) is 6.33 Å². The fourth-order valence-corrected chi connectivity index (χ4v) is 3.55. The van der Waals surface area contributed by atoms with Crippen LogP contribution in [0, 0.1) is 6.92 Å². The lowest BCUT2D eigenvalue weighted by Gasteiger charge is -2.14. The van der Waals surface area contributed by atoms with E-state index >= 15 is 0 Å². The summed E-state index contributed by atoms with van der Waals surface area (Å²) in [6.07, 6.45) is 8.96. The predicted molar refractivity (Wildman–Crippen MR) is 77.7 cm³/mol. The second kappa shape index (κ2) is 5.83. The first kappa shape index (κ1) is 13.4. The number of nitrogens with zero attached hydrogens (tertiary/aromatic N) is 4. The minimum atomic E-state index is 0.0318. The molecular formula is C14H18N4OS. The lowest BCUT2D eigenvalue weighted by Crippen LogP contribution is -2.06. The summed E-state index contributed by atoms with van der Waals surface area (Å²) in [6.45, 7) is 1.86. The third-order valence-electron chi connectivity index (χ3n) is 3.63. The smallest absolute Gasteiger partial charge is 0.215 e. The van der Waals surface area contributed by atoms with Crippen LogP contribution in [0.15, 0.2) is 23.7 Å². The first-order chi connectivity index (χ1) is 9.72. The average molecular weight is 290 g/mol. The number of thioether (sulfide) groups is 1. The van der Waals surface area contributed by atoms with Crippen LogP contribution in [0.3, 0.4) is 0 Å². The molecule has 0 spiro atoms. The second-order valence-electron chi connectivity index (χ2n) is 5.17. The molecule has 6 heteroatoms. The molecule has 0 saturated heterocycles. The number of aromatic hydroxyl groups is 1. The van der Waals surface area contributed by atoms with Gasteiger partial charge in [-0.1, -0.05) is 24.6 Å². The molecule has 0 aromatic carbocycles. The molecule has 2 aromatic rings. The maximum absolute atomic E-state index is 9.50. The maximum Gasteiger partial charge on any atom is 0.215 e. The van der Waals surface area contributed by atoms with Crippen molar-refractivity contribution in [3.05, 3.63) is 30.0 Å². The number of rotatable bonds is 4. The van der Waals surface area contributed by atoms with E-state index in [1.54, 1.807) is 6.07 Å². The van der Waals surface area contributed by atoms with E-state index in [9.17, 15) is 5.11 Å². The van der Waals surface area contributed by atoms with Gasteiger partial charge < -0.3 is 9.67 Å². The Kier molecular flexibility index (Phi) is 3.91. The Morgan fingerprint density at radius 3 is 2.90 bits per heavy atom. The van der Waals surface area contributed by atoms with E-state index in [4.69, 9.17) is 0 Å². The lowest BCUT2D eigenvalue weighted by molar-refractivity contribution is 0.444. The highest BCUT2D eigenvalue weighted by molar-refractivity contribution is 7.98. The Morgan fingerprint density at radius 2 is 2.15 bits per heavy atom. The highest BCUT2D eigenvalue weighted by Crippen LogP contribution is 2.31. The van der Waals surface area contributed by atoms with Gasteiger partial charge in [-0.25, -0.2) is 9.97 Å². The predicted octanol–water partition coefficient (Wildman–Crippen LogP) is 3.09. The van der Waals surface area contributed by atoms with Crippen molar-refractivity contribution in [3.8, 4) is 5.88 Å².